The third-order valence-electron chi connectivity index (χ3n) is 2.17. The van der Waals surface area contributed by atoms with Gasteiger partial charge in [-0.3, -0.25) is 10.2 Å². The number of benzene rings is 1. The summed E-state index contributed by atoms with van der Waals surface area (Å²) in [4.78, 5) is 11.2. The minimum Gasteiger partial charge on any atom is -0.507 e. The van der Waals surface area contributed by atoms with Gasteiger partial charge in [-0.25, -0.2) is 5.10 Å². The summed E-state index contributed by atoms with van der Waals surface area (Å²) >= 11 is 9.04. The third-order valence-corrected chi connectivity index (χ3v) is 3.04. The lowest BCUT2D eigenvalue weighted by Gasteiger charge is -2.02. The van der Waals surface area contributed by atoms with Crippen molar-refractivity contribution in [3.05, 3.63) is 49.8 Å². The Bertz CT molecular complexity index is 687. The smallest absolute Gasteiger partial charge is 0.285 e. The van der Waals surface area contributed by atoms with E-state index in [-0.39, 0.29) is 16.5 Å². The Balaban J connectivity index is 2.18. The number of nitrogens with one attached hydrogen (secondary N) is 2. The first kappa shape index (κ1) is 13.6. The molecule has 0 aliphatic heterocycles. The highest BCUT2D eigenvalue weighted by molar-refractivity contribution is 9.10. The maximum atomic E-state index is 11.2. The quantitative estimate of drug-likeness (QED) is 0.589. The molecule has 1 heterocycles. The number of phenolic OH excluding ortho intramolecular Hbond substituents is 1. The van der Waals surface area contributed by atoms with Crippen LogP contribution in [0.4, 0.5) is 5.69 Å². The lowest BCUT2D eigenvalue weighted by molar-refractivity contribution is 0.474. The zero-order valence-corrected chi connectivity index (χ0v) is 11.7. The summed E-state index contributed by atoms with van der Waals surface area (Å²) in [5, 5.41) is 19.2. The van der Waals surface area contributed by atoms with Crippen LogP contribution in [-0.4, -0.2) is 21.5 Å². The molecule has 3 N–H and O–H groups in total. The van der Waals surface area contributed by atoms with E-state index in [4.69, 9.17) is 11.6 Å². The first-order valence-corrected chi connectivity index (χ1v) is 6.26. The molecule has 0 aliphatic carbocycles. The molecule has 0 radical (unpaired) electrons. The van der Waals surface area contributed by atoms with Crippen LogP contribution in [0.2, 0.25) is 5.02 Å². The Kier molecular flexibility index (Phi) is 4.18. The van der Waals surface area contributed by atoms with E-state index in [2.05, 4.69) is 36.7 Å². The summed E-state index contributed by atoms with van der Waals surface area (Å²) in [5.41, 5.74) is 2.85. The van der Waals surface area contributed by atoms with Gasteiger partial charge in [0.2, 0.25) is 0 Å². The Hall–Kier alpha value is -1.86. The molecule has 0 atom stereocenters. The minimum absolute atomic E-state index is 0.0365. The van der Waals surface area contributed by atoms with E-state index in [1.807, 2.05) is 0 Å². The number of aromatic nitrogens is 2. The van der Waals surface area contributed by atoms with E-state index in [9.17, 15) is 9.90 Å². The fourth-order valence-corrected chi connectivity index (χ4v) is 1.77. The van der Waals surface area contributed by atoms with Crippen molar-refractivity contribution in [2.75, 3.05) is 5.43 Å². The van der Waals surface area contributed by atoms with Gasteiger partial charge in [0, 0.05) is 10.0 Å². The fourth-order valence-electron chi connectivity index (χ4n) is 1.26. The Morgan fingerprint density at radius 3 is 3.11 bits per heavy atom. The average molecular weight is 344 g/mol. The van der Waals surface area contributed by atoms with E-state index in [1.54, 1.807) is 12.1 Å². The number of rotatable bonds is 3. The predicted molar refractivity (Wildman–Crippen MR) is 76.9 cm³/mol. The number of anilines is 1. The maximum Gasteiger partial charge on any atom is 0.285 e. The van der Waals surface area contributed by atoms with Crippen LogP contribution in [0, 0.1) is 0 Å². The summed E-state index contributed by atoms with van der Waals surface area (Å²) in [5.74, 6) is 0.0869. The molecule has 19 heavy (non-hydrogen) atoms. The summed E-state index contributed by atoms with van der Waals surface area (Å²) in [7, 11) is 0. The van der Waals surface area contributed by atoms with Crippen molar-refractivity contribution < 1.29 is 5.11 Å². The molecule has 1 aromatic carbocycles. The second-order valence-electron chi connectivity index (χ2n) is 3.50. The molecule has 1 aromatic heterocycles. The number of hydrogen-bond acceptors (Lipinski definition) is 5. The molecular formula is C11H8BrClN4O2. The molecule has 0 saturated carbocycles. The van der Waals surface area contributed by atoms with Crippen molar-refractivity contribution in [1.82, 2.24) is 10.2 Å². The van der Waals surface area contributed by atoms with Gasteiger partial charge in [-0.2, -0.15) is 10.2 Å². The van der Waals surface area contributed by atoms with E-state index in [0.29, 0.717) is 5.56 Å². The van der Waals surface area contributed by atoms with Crippen LogP contribution in [0.3, 0.4) is 0 Å². The van der Waals surface area contributed by atoms with Gasteiger partial charge in [0.15, 0.2) is 0 Å². The number of H-pyrrole nitrogens is 1. The highest BCUT2D eigenvalue weighted by atomic mass is 79.9. The molecule has 8 heteroatoms. The van der Waals surface area contributed by atoms with Crippen molar-refractivity contribution in [3.63, 3.8) is 0 Å². The van der Waals surface area contributed by atoms with E-state index in [1.165, 1.54) is 18.5 Å². The minimum atomic E-state index is -0.507. The van der Waals surface area contributed by atoms with E-state index in [0.717, 1.165) is 4.47 Å². The van der Waals surface area contributed by atoms with Crippen LogP contribution in [0.5, 0.6) is 5.75 Å². The first-order valence-electron chi connectivity index (χ1n) is 5.08. The van der Waals surface area contributed by atoms with E-state index < -0.39 is 5.56 Å². The number of hydrazone groups is 1. The zero-order chi connectivity index (χ0) is 13.8. The van der Waals surface area contributed by atoms with Crippen molar-refractivity contribution in [1.29, 1.82) is 0 Å². The molecule has 0 spiro atoms. The number of halogens is 2. The highest BCUT2D eigenvalue weighted by Crippen LogP contribution is 2.20. The average Bonchev–Trinajstić information content (AvgIpc) is 2.38. The number of hydrogen-bond donors (Lipinski definition) is 3. The molecular weight excluding hydrogens is 336 g/mol. The molecule has 2 aromatic rings. The molecule has 0 amide bonds. The first-order chi connectivity index (χ1) is 9.08. The van der Waals surface area contributed by atoms with Crippen LogP contribution >= 0.6 is 27.5 Å². The summed E-state index contributed by atoms with van der Waals surface area (Å²) < 4.78 is 0.808. The van der Waals surface area contributed by atoms with Crippen LogP contribution < -0.4 is 11.0 Å². The van der Waals surface area contributed by atoms with E-state index >= 15 is 0 Å². The van der Waals surface area contributed by atoms with Crippen LogP contribution in [0.15, 0.2) is 38.8 Å². The highest BCUT2D eigenvalue weighted by Gasteiger charge is 2.03. The zero-order valence-electron chi connectivity index (χ0n) is 9.39. The van der Waals surface area contributed by atoms with Gasteiger partial charge >= 0.3 is 0 Å². The number of nitrogens with zero attached hydrogens (tertiary/aromatic N) is 2. The number of aromatic amines is 1. The Morgan fingerprint density at radius 1 is 1.53 bits per heavy atom. The van der Waals surface area contributed by atoms with Crippen LogP contribution in [0.25, 0.3) is 0 Å². The molecule has 98 valence electrons. The second kappa shape index (κ2) is 5.85. The van der Waals surface area contributed by atoms with Crippen molar-refractivity contribution in [2.45, 2.75) is 0 Å². The normalized spacial score (nSPS) is 10.8. The molecule has 2 rings (SSSR count). The van der Waals surface area contributed by atoms with Gasteiger partial charge < -0.3 is 5.11 Å². The number of phenols is 1. The van der Waals surface area contributed by atoms with Gasteiger partial charge in [0.1, 0.15) is 16.5 Å². The van der Waals surface area contributed by atoms with Crippen molar-refractivity contribution in [2.24, 2.45) is 5.10 Å². The molecule has 0 aliphatic rings. The SMILES string of the molecule is O=c1[nH]ncc(N/N=C\c2cc(Br)ccc2O)c1Cl. The van der Waals surface area contributed by atoms with Gasteiger partial charge in [-0.05, 0) is 18.2 Å². The summed E-state index contributed by atoms with van der Waals surface area (Å²) in [6, 6.07) is 4.93. The monoisotopic (exact) mass is 342 g/mol. The summed E-state index contributed by atoms with van der Waals surface area (Å²) in [6.45, 7) is 0. The lowest BCUT2D eigenvalue weighted by Crippen LogP contribution is -2.10. The second-order valence-corrected chi connectivity index (χ2v) is 4.79. The lowest BCUT2D eigenvalue weighted by atomic mass is 10.2. The van der Waals surface area contributed by atoms with Gasteiger partial charge in [0.05, 0.1) is 12.4 Å². The largest absolute Gasteiger partial charge is 0.507 e. The van der Waals surface area contributed by atoms with Crippen LogP contribution in [0.1, 0.15) is 5.56 Å². The molecule has 6 nitrogen and oxygen atoms in total. The number of aromatic hydroxyl groups is 1. The Morgan fingerprint density at radius 2 is 2.32 bits per heavy atom. The molecule has 0 saturated heterocycles. The van der Waals surface area contributed by atoms with Crippen LogP contribution in [-0.2, 0) is 0 Å². The van der Waals surface area contributed by atoms with Gasteiger partial charge in [-0.15, -0.1) is 0 Å². The molecule has 0 unspecified atom stereocenters. The summed E-state index contributed by atoms with van der Waals surface area (Å²) in [6.07, 6.45) is 2.74. The van der Waals surface area contributed by atoms with Gasteiger partial charge in [-0.1, -0.05) is 27.5 Å². The predicted octanol–water partition coefficient (Wildman–Crippen LogP) is 2.34. The maximum absolute atomic E-state index is 11.2. The van der Waals surface area contributed by atoms with Crippen molar-refractivity contribution in [3.8, 4) is 5.75 Å². The third kappa shape index (κ3) is 3.33. The van der Waals surface area contributed by atoms with Gasteiger partial charge in [0.25, 0.3) is 5.56 Å². The molecule has 0 fully saturated rings. The topological polar surface area (TPSA) is 90.4 Å². The fraction of sp³-hybridized carbons (Fsp3) is 0. The molecule has 0 bridgehead atoms. The Labute approximate surface area is 121 Å². The van der Waals surface area contributed by atoms with Crippen molar-refractivity contribution >= 4 is 39.4 Å². The standard InChI is InChI=1S/C11H8BrClN4O2/c12-7-1-2-9(18)6(3-7)4-14-16-8-5-15-17-11(19)10(8)13/h1-5,18H,(H2,16,17,19)/b14-4-.